The van der Waals surface area contributed by atoms with Crippen molar-refractivity contribution in [2.24, 2.45) is 5.92 Å². The number of rotatable bonds is 4. The van der Waals surface area contributed by atoms with E-state index in [4.69, 9.17) is 0 Å². The zero-order chi connectivity index (χ0) is 15.9. The van der Waals surface area contributed by atoms with E-state index in [9.17, 15) is 9.59 Å². The summed E-state index contributed by atoms with van der Waals surface area (Å²) in [6.07, 6.45) is 4.52. The molecule has 2 atom stereocenters. The Morgan fingerprint density at radius 3 is 2.77 bits per heavy atom. The molecule has 0 aliphatic heterocycles. The smallest absolute Gasteiger partial charge is 0.321 e. The van der Waals surface area contributed by atoms with Crippen LogP contribution in [0.25, 0.3) is 0 Å². The van der Waals surface area contributed by atoms with Gasteiger partial charge in [0.25, 0.3) is 0 Å². The van der Waals surface area contributed by atoms with E-state index in [0.29, 0.717) is 5.92 Å². The molecule has 1 aliphatic rings. The second-order valence-corrected chi connectivity index (χ2v) is 7.04. The minimum absolute atomic E-state index is 0.186. The van der Waals surface area contributed by atoms with Crippen LogP contribution in [0.15, 0.2) is 29.2 Å². The molecule has 0 saturated heterocycles. The van der Waals surface area contributed by atoms with Crippen LogP contribution in [0.4, 0.5) is 4.79 Å². The molecule has 2 N–H and O–H groups in total. The lowest BCUT2D eigenvalue weighted by atomic mass is 9.86. The van der Waals surface area contributed by atoms with Gasteiger partial charge in [-0.15, -0.1) is 11.8 Å². The number of carbonyl (C=O) groups excluding carboxylic acids is 2. The van der Waals surface area contributed by atoms with Gasteiger partial charge >= 0.3 is 6.03 Å². The molecule has 0 bridgehead atoms. The number of aryl methyl sites for hydroxylation is 1. The Morgan fingerprint density at radius 2 is 2.05 bits per heavy atom. The van der Waals surface area contributed by atoms with E-state index in [-0.39, 0.29) is 23.7 Å². The van der Waals surface area contributed by atoms with Crippen LogP contribution in [-0.4, -0.2) is 23.7 Å². The van der Waals surface area contributed by atoms with E-state index in [0.717, 1.165) is 29.7 Å². The molecule has 0 aromatic heterocycles. The van der Waals surface area contributed by atoms with Crippen molar-refractivity contribution in [3.63, 3.8) is 0 Å². The van der Waals surface area contributed by atoms with E-state index in [2.05, 4.69) is 17.6 Å². The summed E-state index contributed by atoms with van der Waals surface area (Å²) >= 11 is 1.44. The van der Waals surface area contributed by atoms with Gasteiger partial charge in [-0.1, -0.05) is 37.5 Å². The molecule has 0 radical (unpaired) electrons. The summed E-state index contributed by atoms with van der Waals surface area (Å²) in [7, 11) is 0. The van der Waals surface area contributed by atoms with Crippen LogP contribution in [0.2, 0.25) is 0 Å². The van der Waals surface area contributed by atoms with Crippen LogP contribution in [-0.2, 0) is 4.79 Å². The maximum absolute atomic E-state index is 11.9. The maximum Gasteiger partial charge on any atom is 0.321 e. The molecule has 4 nitrogen and oxygen atoms in total. The van der Waals surface area contributed by atoms with Gasteiger partial charge in [-0.25, -0.2) is 4.79 Å². The van der Waals surface area contributed by atoms with E-state index >= 15 is 0 Å². The lowest BCUT2D eigenvalue weighted by Crippen LogP contribution is -2.48. The largest absolute Gasteiger partial charge is 0.335 e. The number of carbonyl (C=O) groups is 2. The van der Waals surface area contributed by atoms with Crippen molar-refractivity contribution in [3.05, 3.63) is 29.8 Å². The third kappa shape index (κ3) is 5.37. The van der Waals surface area contributed by atoms with E-state index < -0.39 is 0 Å². The van der Waals surface area contributed by atoms with Gasteiger partial charge < -0.3 is 5.32 Å². The maximum atomic E-state index is 11.9. The zero-order valence-corrected chi connectivity index (χ0v) is 14.0. The number of hydrogen-bond acceptors (Lipinski definition) is 3. The van der Waals surface area contributed by atoms with E-state index in [1.165, 1.54) is 18.2 Å². The number of nitrogens with one attached hydrogen (secondary N) is 2. The summed E-state index contributed by atoms with van der Waals surface area (Å²) in [6, 6.07) is 7.80. The third-order valence-electron chi connectivity index (χ3n) is 4.04. The Bertz CT molecular complexity index is 533. The second kappa shape index (κ2) is 8.22. The van der Waals surface area contributed by atoms with Crippen LogP contribution in [0.3, 0.4) is 0 Å². The fourth-order valence-electron chi connectivity index (χ4n) is 2.75. The first-order valence-electron chi connectivity index (χ1n) is 7.84. The average Bonchev–Trinajstić information content (AvgIpc) is 2.47. The van der Waals surface area contributed by atoms with Gasteiger partial charge in [-0.05, 0) is 37.8 Å². The van der Waals surface area contributed by atoms with Crippen LogP contribution in [0, 0.1) is 12.8 Å². The lowest BCUT2D eigenvalue weighted by Gasteiger charge is -2.29. The summed E-state index contributed by atoms with van der Waals surface area (Å²) in [6.45, 7) is 4.17. The Balaban J connectivity index is 1.73. The van der Waals surface area contributed by atoms with Crippen molar-refractivity contribution in [3.8, 4) is 0 Å². The van der Waals surface area contributed by atoms with Gasteiger partial charge in [-0.3, -0.25) is 10.1 Å². The minimum atomic E-state index is -0.367. The number of imide groups is 1. The first-order chi connectivity index (χ1) is 10.5. The van der Waals surface area contributed by atoms with Crippen molar-refractivity contribution in [2.75, 3.05) is 5.75 Å². The molecule has 0 heterocycles. The SMILES string of the molecule is Cc1cccc(SCC(=O)NC(=O)NC2CCCCC2C)c1. The normalized spacial score (nSPS) is 21.2. The summed E-state index contributed by atoms with van der Waals surface area (Å²) in [4.78, 5) is 24.8. The first-order valence-corrected chi connectivity index (χ1v) is 8.83. The van der Waals surface area contributed by atoms with Gasteiger partial charge in [0, 0.05) is 10.9 Å². The number of hydrogen-bond donors (Lipinski definition) is 2. The van der Waals surface area contributed by atoms with Gasteiger partial charge in [-0.2, -0.15) is 0 Å². The van der Waals surface area contributed by atoms with Gasteiger partial charge in [0.1, 0.15) is 0 Å². The molecule has 120 valence electrons. The summed E-state index contributed by atoms with van der Waals surface area (Å²) in [5.74, 6) is 0.473. The standard InChI is InChI=1S/C17H24N2O2S/c1-12-6-5-8-14(10-12)22-11-16(20)19-17(21)18-15-9-4-3-7-13(15)2/h5-6,8,10,13,15H,3-4,7,9,11H2,1-2H3,(H2,18,19,20,21). The molecule has 2 unspecified atom stereocenters. The predicted molar refractivity (Wildman–Crippen MR) is 90.0 cm³/mol. The Morgan fingerprint density at radius 1 is 1.27 bits per heavy atom. The molecule has 0 spiro atoms. The quantitative estimate of drug-likeness (QED) is 0.835. The van der Waals surface area contributed by atoms with Crippen molar-refractivity contribution in [1.29, 1.82) is 0 Å². The lowest BCUT2D eigenvalue weighted by molar-refractivity contribution is -0.117. The number of urea groups is 1. The highest BCUT2D eigenvalue weighted by molar-refractivity contribution is 8.00. The average molecular weight is 320 g/mol. The van der Waals surface area contributed by atoms with Crippen molar-refractivity contribution in [1.82, 2.24) is 10.6 Å². The van der Waals surface area contributed by atoms with Crippen molar-refractivity contribution in [2.45, 2.75) is 50.5 Å². The molecule has 22 heavy (non-hydrogen) atoms. The molecule has 3 amide bonds. The Kier molecular flexibility index (Phi) is 6.31. The molecule has 1 aromatic rings. The van der Waals surface area contributed by atoms with Crippen LogP contribution < -0.4 is 10.6 Å². The summed E-state index contributed by atoms with van der Waals surface area (Å²) < 4.78 is 0. The highest BCUT2D eigenvalue weighted by Crippen LogP contribution is 2.23. The zero-order valence-electron chi connectivity index (χ0n) is 13.2. The molecular formula is C17H24N2O2S. The number of amides is 3. The van der Waals surface area contributed by atoms with Crippen molar-refractivity contribution < 1.29 is 9.59 Å². The minimum Gasteiger partial charge on any atom is -0.335 e. The molecule has 1 aliphatic carbocycles. The fraction of sp³-hybridized carbons (Fsp3) is 0.529. The summed E-state index contributed by atoms with van der Waals surface area (Å²) in [5.41, 5.74) is 1.16. The van der Waals surface area contributed by atoms with Crippen LogP contribution in [0.5, 0.6) is 0 Å². The van der Waals surface area contributed by atoms with Crippen LogP contribution in [0.1, 0.15) is 38.2 Å². The van der Waals surface area contributed by atoms with Gasteiger partial charge in [0.05, 0.1) is 5.75 Å². The molecule has 1 aromatic carbocycles. The molecular weight excluding hydrogens is 296 g/mol. The van der Waals surface area contributed by atoms with E-state index in [1.54, 1.807) is 0 Å². The molecule has 1 saturated carbocycles. The van der Waals surface area contributed by atoms with Crippen LogP contribution >= 0.6 is 11.8 Å². The highest BCUT2D eigenvalue weighted by atomic mass is 32.2. The molecule has 2 rings (SSSR count). The second-order valence-electron chi connectivity index (χ2n) is 6.00. The Hall–Kier alpha value is -1.49. The monoisotopic (exact) mass is 320 g/mol. The summed E-state index contributed by atoms with van der Waals surface area (Å²) in [5, 5.41) is 5.35. The fourth-order valence-corrected chi connectivity index (χ4v) is 3.57. The van der Waals surface area contributed by atoms with E-state index in [1.807, 2.05) is 31.2 Å². The van der Waals surface area contributed by atoms with Gasteiger partial charge in [0.15, 0.2) is 0 Å². The Labute approximate surface area is 136 Å². The molecule has 1 fully saturated rings. The van der Waals surface area contributed by atoms with Crippen molar-refractivity contribution >= 4 is 23.7 Å². The molecule has 5 heteroatoms. The third-order valence-corrected chi connectivity index (χ3v) is 5.03. The number of benzene rings is 1. The highest BCUT2D eigenvalue weighted by Gasteiger charge is 2.23. The first kappa shape index (κ1) is 16.9. The topological polar surface area (TPSA) is 58.2 Å². The number of thioether (sulfide) groups is 1. The van der Waals surface area contributed by atoms with Gasteiger partial charge in [0.2, 0.25) is 5.91 Å². The predicted octanol–water partition coefficient (Wildman–Crippen LogP) is 3.49.